The lowest BCUT2D eigenvalue weighted by atomic mass is 10.0. The van der Waals surface area contributed by atoms with Crippen molar-refractivity contribution in [3.8, 4) is 0 Å². The lowest BCUT2D eigenvalue weighted by molar-refractivity contribution is 0.0513. The zero-order valence-electron chi connectivity index (χ0n) is 17.2. The number of benzene rings is 1. The van der Waals surface area contributed by atoms with Crippen LogP contribution in [0.3, 0.4) is 0 Å². The van der Waals surface area contributed by atoms with Crippen LogP contribution in [0.15, 0.2) is 30.3 Å². The molecule has 2 heterocycles. The van der Waals surface area contributed by atoms with Gasteiger partial charge in [-0.1, -0.05) is 30.3 Å². The topological polar surface area (TPSA) is 56.6 Å². The number of hydrogen-bond acceptors (Lipinski definition) is 5. The van der Waals surface area contributed by atoms with Gasteiger partial charge in [0.15, 0.2) is 5.69 Å². The van der Waals surface area contributed by atoms with Crippen molar-refractivity contribution in [3.63, 3.8) is 0 Å². The second-order valence-corrected chi connectivity index (χ2v) is 7.33. The zero-order chi connectivity index (χ0) is 19.9. The van der Waals surface area contributed by atoms with Gasteiger partial charge in [-0.3, -0.25) is 9.58 Å². The van der Waals surface area contributed by atoms with Crippen LogP contribution in [-0.4, -0.2) is 53.6 Å². The van der Waals surface area contributed by atoms with Crippen molar-refractivity contribution in [1.29, 1.82) is 0 Å². The minimum absolute atomic E-state index is 0.301. The SMILES string of the molecule is CCOC(=O)c1nn(CCCc2ccccc2)c2c1CN(C(C)COC)CC2. The molecule has 3 rings (SSSR count). The van der Waals surface area contributed by atoms with Crippen molar-refractivity contribution in [3.05, 3.63) is 52.8 Å². The average molecular weight is 386 g/mol. The average Bonchev–Trinajstić information content (AvgIpc) is 3.07. The van der Waals surface area contributed by atoms with E-state index in [4.69, 9.17) is 9.47 Å². The number of hydrogen-bond donors (Lipinski definition) is 0. The maximum atomic E-state index is 12.5. The van der Waals surface area contributed by atoms with Gasteiger partial charge in [-0.25, -0.2) is 4.79 Å². The highest BCUT2D eigenvalue weighted by atomic mass is 16.5. The van der Waals surface area contributed by atoms with Crippen LogP contribution >= 0.6 is 0 Å². The van der Waals surface area contributed by atoms with Crippen molar-refractivity contribution < 1.29 is 14.3 Å². The molecule has 0 radical (unpaired) electrons. The smallest absolute Gasteiger partial charge is 0.359 e. The maximum Gasteiger partial charge on any atom is 0.359 e. The summed E-state index contributed by atoms with van der Waals surface area (Å²) in [6, 6.07) is 10.8. The number of aryl methyl sites for hydroxylation is 2. The first-order chi connectivity index (χ1) is 13.6. The second kappa shape index (κ2) is 9.85. The third kappa shape index (κ3) is 4.80. The second-order valence-electron chi connectivity index (χ2n) is 7.33. The first-order valence-corrected chi connectivity index (χ1v) is 10.2. The highest BCUT2D eigenvalue weighted by Gasteiger charge is 2.30. The molecule has 0 spiro atoms. The van der Waals surface area contributed by atoms with Crippen LogP contribution in [0.1, 0.15) is 47.6 Å². The van der Waals surface area contributed by atoms with Crippen LogP contribution in [0.5, 0.6) is 0 Å². The van der Waals surface area contributed by atoms with Gasteiger partial charge >= 0.3 is 5.97 Å². The van der Waals surface area contributed by atoms with E-state index in [-0.39, 0.29) is 5.97 Å². The molecule has 0 N–H and O–H groups in total. The highest BCUT2D eigenvalue weighted by Crippen LogP contribution is 2.25. The molecule has 1 atom stereocenters. The molecule has 0 aliphatic carbocycles. The van der Waals surface area contributed by atoms with E-state index in [2.05, 4.69) is 41.2 Å². The molecule has 6 heteroatoms. The zero-order valence-corrected chi connectivity index (χ0v) is 17.2. The number of aromatic nitrogens is 2. The lowest BCUT2D eigenvalue weighted by Crippen LogP contribution is -2.40. The number of fused-ring (bicyclic) bond motifs is 1. The number of ether oxygens (including phenoxy) is 2. The molecule has 0 fully saturated rings. The third-order valence-electron chi connectivity index (χ3n) is 5.34. The summed E-state index contributed by atoms with van der Waals surface area (Å²) in [5, 5.41) is 4.67. The number of nitrogens with zero attached hydrogens (tertiary/aromatic N) is 3. The molecule has 0 saturated heterocycles. The Hall–Kier alpha value is -2.18. The van der Waals surface area contributed by atoms with E-state index in [1.807, 2.05) is 17.7 Å². The number of carbonyl (C=O) groups excluding carboxylic acids is 1. The lowest BCUT2D eigenvalue weighted by Gasteiger charge is -2.32. The number of carbonyl (C=O) groups is 1. The third-order valence-corrected chi connectivity index (χ3v) is 5.34. The standard InChI is InChI=1S/C22H31N3O3/c1-4-28-22(26)21-19-15-24(17(2)16-27-3)14-12-20(19)25(23-21)13-8-11-18-9-6-5-7-10-18/h5-7,9-10,17H,4,8,11-16H2,1-3H3. The summed E-state index contributed by atoms with van der Waals surface area (Å²) in [7, 11) is 1.72. The molecule has 0 saturated carbocycles. The van der Waals surface area contributed by atoms with Crippen molar-refractivity contribution in [1.82, 2.24) is 14.7 Å². The van der Waals surface area contributed by atoms with E-state index in [1.165, 1.54) is 11.3 Å². The number of rotatable bonds is 9. The van der Waals surface area contributed by atoms with Crippen LogP contribution in [0.25, 0.3) is 0 Å². The van der Waals surface area contributed by atoms with Crippen LogP contribution in [0, 0.1) is 0 Å². The molecule has 6 nitrogen and oxygen atoms in total. The summed E-state index contributed by atoms with van der Waals surface area (Å²) in [4.78, 5) is 14.8. The maximum absolute atomic E-state index is 12.5. The Morgan fingerprint density at radius 1 is 1.29 bits per heavy atom. The molecule has 1 aromatic carbocycles. The molecule has 1 unspecified atom stereocenters. The Bertz CT molecular complexity index is 773. The monoisotopic (exact) mass is 385 g/mol. The molecule has 2 aromatic rings. The van der Waals surface area contributed by atoms with Gasteiger partial charge in [0.05, 0.1) is 13.2 Å². The minimum atomic E-state index is -0.318. The quantitative estimate of drug-likeness (QED) is 0.621. The van der Waals surface area contributed by atoms with Gasteiger partial charge in [0.2, 0.25) is 0 Å². The van der Waals surface area contributed by atoms with Gasteiger partial charge in [0, 0.05) is 50.5 Å². The van der Waals surface area contributed by atoms with Crippen molar-refractivity contribution in [2.75, 3.05) is 26.9 Å². The van der Waals surface area contributed by atoms with E-state index in [1.54, 1.807) is 7.11 Å². The minimum Gasteiger partial charge on any atom is -0.461 e. The molecule has 152 valence electrons. The van der Waals surface area contributed by atoms with Crippen LogP contribution in [-0.2, 0) is 35.4 Å². The predicted octanol–water partition coefficient (Wildman–Crippen LogP) is 3.09. The van der Waals surface area contributed by atoms with Crippen LogP contribution in [0.2, 0.25) is 0 Å². The normalized spacial score (nSPS) is 15.2. The van der Waals surface area contributed by atoms with Crippen molar-refractivity contribution in [2.24, 2.45) is 0 Å². The molecule has 1 aliphatic heterocycles. The predicted molar refractivity (Wildman–Crippen MR) is 108 cm³/mol. The summed E-state index contributed by atoms with van der Waals surface area (Å²) >= 11 is 0. The number of methoxy groups -OCH3 is 1. The highest BCUT2D eigenvalue weighted by molar-refractivity contribution is 5.89. The van der Waals surface area contributed by atoms with Crippen LogP contribution < -0.4 is 0 Å². The van der Waals surface area contributed by atoms with Gasteiger partial charge < -0.3 is 9.47 Å². The first-order valence-electron chi connectivity index (χ1n) is 10.2. The number of esters is 1. The van der Waals surface area contributed by atoms with Gasteiger partial charge in [-0.15, -0.1) is 0 Å². The molecule has 28 heavy (non-hydrogen) atoms. The Labute approximate surface area is 167 Å². The fourth-order valence-electron chi connectivity index (χ4n) is 3.86. The molecule has 0 amide bonds. The summed E-state index contributed by atoms with van der Waals surface area (Å²) in [5.41, 5.74) is 4.00. The van der Waals surface area contributed by atoms with E-state index in [0.29, 0.717) is 31.5 Å². The van der Waals surface area contributed by atoms with E-state index >= 15 is 0 Å². The Kier molecular flexibility index (Phi) is 7.23. The Morgan fingerprint density at radius 3 is 2.79 bits per heavy atom. The molecule has 0 bridgehead atoms. The molecular formula is C22H31N3O3. The van der Waals surface area contributed by atoms with E-state index < -0.39 is 0 Å². The van der Waals surface area contributed by atoms with Crippen LogP contribution in [0.4, 0.5) is 0 Å². The fraction of sp³-hybridized carbons (Fsp3) is 0.545. The van der Waals surface area contributed by atoms with Gasteiger partial charge in [0.1, 0.15) is 0 Å². The van der Waals surface area contributed by atoms with E-state index in [0.717, 1.165) is 37.9 Å². The van der Waals surface area contributed by atoms with Gasteiger partial charge in [-0.2, -0.15) is 5.10 Å². The van der Waals surface area contributed by atoms with E-state index in [9.17, 15) is 4.79 Å². The Morgan fingerprint density at radius 2 is 2.07 bits per heavy atom. The first kappa shape index (κ1) is 20.6. The molecule has 1 aromatic heterocycles. The summed E-state index contributed by atoms with van der Waals surface area (Å²) in [6.45, 7) is 7.49. The molecular weight excluding hydrogens is 354 g/mol. The van der Waals surface area contributed by atoms with Gasteiger partial charge in [-0.05, 0) is 32.3 Å². The summed E-state index contributed by atoms with van der Waals surface area (Å²) in [5.74, 6) is -0.318. The fourth-order valence-corrected chi connectivity index (χ4v) is 3.86. The Balaban J connectivity index is 1.76. The van der Waals surface area contributed by atoms with Crippen molar-refractivity contribution >= 4 is 5.97 Å². The van der Waals surface area contributed by atoms with Gasteiger partial charge in [0.25, 0.3) is 0 Å². The molecule has 1 aliphatic rings. The summed E-state index contributed by atoms with van der Waals surface area (Å²) in [6.07, 6.45) is 2.88. The largest absolute Gasteiger partial charge is 0.461 e. The summed E-state index contributed by atoms with van der Waals surface area (Å²) < 4.78 is 12.6. The van der Waals surface area contributed by atoms with Crippen molar-refractivity contribution in [2.45, 2.75) is 52.2 Å².